The van der Waals surface area contributed by atoms with Crippen molar-refractivity contribution in [3.05, 3.63) is 108 Å². The lowest BCUT2D eigenvalue weighted by Gasteiger charge is -2.38. The van der Waals surface area contributed by atoms with Gasteiger partial charge in [-0.3, -0.25) is 14.5 Å². The van der Waals surface area contributed by atoms with Gasteiger partial charge in [0.25, 0.3) is 0 Å². The molecule has 0 aromatic heterocycles. The second-order valence-electron chi connectivity index (χ2n) is 9.61. The molecule has 2 amide bonds. The van der Waals surface area contributed by atoms with E-state index in [2.05, 4.69) is 6.08 Å². The van der Waals surface area contributed by atoms with Crippen molar-refractivity contribution in [2.75, 3.05) is 13.2 Å². The van der Waals surface area contributed by atoms with Crippen LogP contribution in [-0.2, 0) is 20.9 Å². The molecule has 5 heteroatoms. The zero-order valence-corrected chi connectivity index (χ0v) is 19.4. The first-order valence-electron chi connectivity index (χ1n) is 12.1. The van der Waals surface area contributed by atoms with Crippen molar-refractivity contribution in [3.63, 3.8) is 0 Å². The second kappa shape index (κ2) is 8.82. The lowest BCUT2D eigenvalue weighted by molar-refractivity contribution is -0.141. The van der Waals surface area contributed by atoms with E-state index in [0.29, 0.717) is 26.2 Å². The van der Waals surface area contributed by atoms with E-state index in [0.717, 1.165) is 22.4 Å². The highest BCUT2D eigenvalue weighted by Crippen LogP contribution is 2.55. The molecule has 4 atom stereocenters. The van der Waals surface area contributed by atoms with Crippen LogP contribution in [0.25, 0.3) is 6.08 Å². The number of benzene rings is 3. The first kappa shape index (κ1) is 21.8. The summed E-state index contributed by atoms with van der Waals surface area (Å²) in [6.45, 7) is 1.02. The number of rotatable bonds is 6. The molecule has 3 aromatic rings. The number of likely N-dealkylation sites (tertiary alicyclic amines) is 1. The van der Waals surface area contributed by atoms with Gasteiger partial charge in [-0.1, -0.05) is 84.9 Å². The molecule has 6 rings (SSSR count). The first-order chi connectivity index (χ1) is 17.1. The molecule has 35 heavy (non-hydrogen) atoms. The fourth-order valence-corrected chi connectivity index (χ4v) is 5.86. The molecular weight excluding hydrogens is 438 g/mol. The van der Waals surface area contributed by atoms with E-state index >= 15 is 0 Å². The summed E-state index contributed by atoms with van der Waals surface area (Å²) in [7, 11) is 0. The van der Waals surface area contributed by atoms with E-state index in [1.807, 2.05) is 91.0 Å². The Morgan fingerprint density at radius 1 is 0.857 bits per heavy atom. The van der Waals surface area contributed by atoms with Gasteiger partial charge in [-0.2, -0.15) is 0 Å². The minimum absolute atomic E-state index is 0.0871. The number of nitrogens with zero attached hydrogens (tertiary/aromatic N) is 1. The Kier molecular flexibility index (Phi) is 5.50. The molecule has 2 aliphatic heterocycles. The van der Waals surface area contributed by atoms with Crippen molar-refractivity contribution in [2.45, 2.75) is 18.6 Å². The normalized spacial score (nSPS) is 28.4. The van der Waals surface area contributed by atoms with Crippen LogP contribution in [0.5, 0.6) is 5.75 Å². The van der Waals surface area contributed by atoms with Gasteiger partial charge in [0.2, 0.25) is 11.8 Å². The summed E-state index contributed by atoms with van der Waals surface area (Å²) in [5, 5.41) is 0. The summed E-state index contributed by atoms with van der Waals surface area (Å²) in [4.78, 5) is 28.6. The quantitative estimate of drug-likeness (QED) is 0.494. The van der Waals surface area contributed by atoms with Crippen LogP contribution in [0.2, 0.25) is 0 Å². The van der Waals surface area contributed by atoms with E-state index in [4.69, 9.17) is 9.47 Å². The molecule has 1 aliphatic carbocycles. The largest absolute Gasteiger partial charge is 0.490 e. The van der Waals surface area contributed by atoms with E-state index in [1.54, 1.807) is 0 Å². The number of imide groups is 1. The van der Waals surface area contributed by atoms with E-state index in [9.17, 15) is 9.59 Å². The smallest absolute Gasteiger partial charge is 0.234 e. The number of fused-ring (bicyclic) bond motifs is 4. The molecule has 2 bridgehead atoms. The monoisotopic (exact) mass is 465 g/mol. The van der Waals surface area contributed by atoms with Gasteiger partial charge in [-0.05, 0) is 35.3 Å². The summed E-state index contributed by atoms with van der Waals surface area (Å²) in [5.41, 5.74) is 2.33. The molecule has 5 nitrogen and oxygen atoms in total. The highest BCUT2D eigenvalue weighted by Gasteiger charge is 2.64. The molecule has 0 N–H and O–H groups in total. The van der Waals surface area contributed by atoms with Crippen LogP contribution in [0.3, 0.4) is 0 Å². The third-order valence-corrected chi connectivity index (χ3v) is 7.54. The fourth-order valence-electron chi connectivity index (χ4n) is 5.86. The van der Waals surface area contributed by atoms with Gasteiger partial charge in [0.15, 0.2) is 0 Å². The lowest BCUT2D eigenvalue weighted by atomic mass is 9.65. The van der Waals surface area contributed by atoms with Crippen molar-refractivity contribution < 1.29 is 19.1 Å². The van der Waals surface area contributed by atoms with Crippen molar-refractivity contribution >= 4 is 17.9 Å². The van der Waals surface area contributed by atoms with Crippen LogP contribution in [0.4, 0.5) is 0 Å². The molecule has 2 heterocycles. The highest BCUT2D eigenvalue weighted by molar-refractivity contribution is 6.06. The van der Waals surface area contributed by atoms with Crippen molar-refractivity contribution in [1.29, 1.82) is 0 Å². The maximum atomic E-state index is 13.6. The number of carbonyl (C=O) groups excluding carboxylic acids is 2. The Morgan fingerprint density at radius 2 is 1.51 bits per heavy atom. The van der Waals surface area contributed by atoms with Crippen LogP contribution < -0.4 is 4.74 Å². The topological polar surface area (TPSA) is 55.8 Å². The maximum Gasteiger partial charge on any atom is 0.234 e. The molecule has 0 spiro atoms. The van der Waals surface area contributed by atoms with Gasteiger partial charge < -0.3 is 9.47 Å². The number of para-hydroxylation sites is 1. The summed E-state index contributed by atoms with van der Waals surface area (Å²) in [6, 6.07) is 29.4. The Labute approximate surface area is 205 Å². The first-order valence-corrected chi connectivity index (χ1v) is 12.1. The van der Waals surface area contributed by atoms with Crippen LogP contribution in [0, 0.1) is 17.8 Å². The summed E-state index contributed by atoms with van der Waals surface area (Å²) in [6.07, 6.45) is 2.58. The Hall–Kier alpha value is -3.70. The molecular formula is C30H27NO4. The number of carbonyl (C=O) groups is 2. The van der Waals surface area contributed by atoms with Crippen LogP contribution >= 0.6 is 0 Å². The van der Waals surface area contributed by atoms with Crippen LogP contribution in [-0.4, -0.2) is 35.5 Å². The van der Waals surface area contributed by atoms with E-state index in [-0.39, 0.29) is 17.7 Å². The van der Waals surface area contributed by atoms with Crippen molar-refractivity contribution in [3.8, 4) is 5.75 Å². The molecule has 2 saturated heterocycles. The molecule has 0 radical (unpaired) electrons. The molecule has 3 aliphatic rings. The van der Waals surface area contributed by atoms with Gasteiger partial charge >= 0.3 is 0 Å². The average Bonchev–Trinajstić information content (AvgIpc) is 3.27. The van der Waals surface area contributed by atoms with Gasteiger partial charge in [-0.25, -0.2) is 0 Å². The number of hydrogen-bond donors (Lipinski definition) is 0. The summed E-state index contributed by atoms with van der Waals surface area (Å²) < 4.78 is 12.6. The zero-order valence-electron chi connectivity index (χ0n) is 19.4. The van der Waals surface area contributed by atoms with Crippen molar-refractivity contribution in [2.24, 2.45) is 17.8 Å². The third kappa shape index (κ3) is 3.86. The van der Waals surface area contributed by atoms with Gasteiger partial charge in [0.1, 0.15) is 18.0 Å². The lowest BCUT2D eigenvalue weighted by Crippen LogP contribution is -2.46. The molecule has 3 aromatic carbocycles. The zero-order chi connectivity index (χ0) is 23.8. The number of hydrogen-bond acceptors (Lipinski definition) is 4. The minimum atomic E-state index is -0.740. The van der Waals surface area contributed by atoms with Crippen LogP contribution in [0.15, 0.2) is 96.6 Å². The third-order valence-electron chi connectivity index (χ3n) is 7.54. The van der Waals surface area contributed by atoms with Crippen molar-refractivity contribution in [1.82, 2.24) is 4.90 Å². The minimum Gasteiger partial charge on any atom is -0.490 e. The predicted octanol–water partition coefficient (Wildman–Crippen LogP) is 4.74. The maximum absolute atomic E-state index is 13.6. The fraction of sp³-hybridized carbons (Fsp3) is 0.267. The number of ether oxygens (including phenoxy) is 2. The Morgan fingerprint density at radius 3 is 2.23 bits per heavy atom. The molecule has 1 saturated carbocycles. The average molecular weight is 466 g/mol. The van der Waals surface area contributed by atoms with Gasteiger partial charge in [0, 0.05) is 5.92 Å². The molecule has 0 unspecified atom stereocenters. The predicted molar refractivity (Wildman–Crippen MR) is 132 cm³/mol. The van der Waals surface area contributed by atoms with E-state index in [1.165, 1.54) is 4.90 Å². The van der Waals surface area contributed by atoms with Gasteiger partial charge in [-0.15, -0.1) is 0 Å². The molecule has 176 valence electrons. The molecule has 3 fully saturated rings. The summed E-state index contributed by atoms with van der Waals surface area (Å²) in [5.74, 6) is -0.363. The van der Waals surface area contributed by atoms with Gasteiger partial charge in [0.05, 0.1) is 25.0 Å². The van der Waals surface area contributed by atoms with E-state index < -0.39 is 17.4 Å². The standard InChI is InChI=1S/C30H27NO4/c32-28-24-17-30(20-34-23-14-8-3-9-15-23)26(16-21-10-4-1-5-11-21)25(19-35-30)27(24)29(33)31(28)18-22-12-6-2-7-13-22/h1-16,24-25,27H,17-20H2/b26-16+/t24-,25+,27-,30-/m1/s1. The highest BCUT2D eigenvalue weighted by atomic mass is 16.5. The Bertz CT molecular complexity index is 1260. The second-order valence-corrected chi connectivity index (χ2v) is 9.61. The SMILES string of the molecule is O=C1[C@@H]2[C@@H](C[C@]3(COc4ccccc4)OC[C@H]2/C3=C\c2ccccc2)C(=O)N1Cc1ccccc1. The number of amides is 2. The summed E-state index contributed by atoms with van der Waals surface area (Å²) >= 11 is 0. The Balaban J connectivity index is 1.35. The van der Waals surface area contributed by atoms with Crippen LogP contribution in [0.1, 0.15) is 17.5 Å².